The second-order valence-electron chi connectivity index (χ2n) is 6.37. The van der Waals surface area contributed by atoms with E-state index in [9.17, 15) is 4.79 Å². The number of ether oxygens (including phenoxy) is 1. The van der Waals surface area contributed by atoms with Crippen molar-refractivity contribution in [3.8, 4) is 0 Å². The number of amides is 1. The molecule has 0 bridgehead atoms. The number of hydrogen-bond acceptors (Lipinski definition) is 5. The smallest absolute Gasteiger partial charge is 0.255 e. The number of thiophene rings is 1. The second-order valence-corrected chi connectivity index (χ2v) is 7.15. The van der Waals surface area contributed by atoms with Gasteiger partial charge in [0.1, 0.15) is 0 Å². The highest BCUT2D eigenvalue weighted by Crippen LogP contribution is 2.26. The Morgan fingerprint density at radius 2 is 2.33 bits per heavy atom. The lowest BCUT2D eigenvalue weighted by molar-refractivity contribution is -0.0914. The maximum Gasteiger partial charge on any atom is 0.255 e. The van der Waals surface area contributed by atoms with Gasteiger partial charge in [0.25, 0.3) is 5.91 Å². The largest absolute Gasteiger partial charge is 0.374 e. The molecule has 2 fully saturated rings. The summed E-state index contributed by atoms with van der Waals surface area (Å²) in [4.78, 5) is 21.4. The average Bonchev–Trinajstić information content (AvgIpc) is 3.16. The number of likely N-dealkylation sites (tertiary alicyclic amines) is 1. The van der Waals surface area contributed by atoms with E-state index in [4.69, 9.17) is 4.74 Å². The fourth-order valence-electron chi connectivity index (χ4n) is 3.64. The van der Waals surface area contributed by atoms with Crippen molar-refractivity contribution in [1.82, 2.24) is 14.8 Å². The number of nitrogens with zero attached hydrogens (tertiary/aromatic N) is 3. The summed E-state index contributed by atoms with van der Waals surface area (Å²) < 4.78 is 5.95. The molecular weight excluding hydrogens is 322 g/mol. The molecule has 2 atom stereocenters. The topological polar surface area (TPSA) is 45.7 Å². The molecule has 0 aliphatic carbocycles. The molecule has 4 rings (SSSR count). The van der Waals surface area contributed by atoms with Crippen molar-refractivity contribution in [3.63, 3.8) is 0 Å². The van der Waals surface area contributed by atoms with Gasteiger partial charge in [-0.3, -0.25) is 14.7 Å². The van der Waals surface area contributed by atoms with Crippen LogP contribution >= 0.6 is 11.3 Å². The molecule has 0 N–H and O–H groups in total. The van der Waals surface area contributed by atoms with Gasteiger partial charge in [-0.15, -0.1) is 0 Å². The van der Waals surface area contributed by atoms with Crippen molar-refractivity contribution in [2.75, 3.05) is 26.2 Å². The van der Waals surface area contributed by atoms with Gasteiger partial charge in [-0.05, 0) is 29.5 Å². The van der Waals surface area contributed by atoms with E-state index in [0.717, 1.165) is 31.6 Å². The van der Waals surface area contributed by atoms with Crippen molar-refractivity contribution >= 4 is 17.2 Å². The third-order valence-electron chi connectivity index (χ3n) is 4.83. The average molecular weight is 343 g/mol. The van der Waals surface area contributed by atoms with Gasteiger partial charge in [-0.2, -0.15) is 11.3 Å². The molecule has 0 unspecified atom stereocenters. The lowest BCUT2D eigenvalue weighted by Crippen LogP contribution is -2.61. The third kappa shape index (κ3) is 3.22. The second kappa shape index (κ2) is 7.01. The first-order valence-electron chi connectivity index (χ1n) is 8.37. The molecule has 0 radical (unpaired) electrons. The first-order valence-corrected chi connectivity index (χ1v) is 9.31. The Labute approximate surface area is 145 Å². The summed E-state index contributed by atoms with van der Waals surface area (Å²) in [5, 5.41) is 3.89. The summed E-state index contributed by atoms with van der Waals surface area (Å²) in [6.07, 6.45) is 4.84. The molecule has 2 aliphatic heterocycles. The molecule has 2 saturated heterocycles. The number of pyridine rings is 1. The van der Waals surface area contributed by atoms with Crippen LogP contribution < -0.4 is 0 Å². The minimum absolute atomic E-state index is 0.136. The molecule has 24 heavy (non-hydrogen) atoms. The van der Waals surface area contributed by atoms with E-state index >= 15 is 0 Å². The number of carbonyl (C=O) groups is 1. The van der Waals surface area contributed by atoms with E-state index in [1.54, 1.807) is 17.5 Å². The SMILES string of the molecule is O=C(c1ccsc1)N1CCO[C@@H]2CCN(Cc3cccnc3)C[C@H]21. The van der Waals surface area contributed by atoms with Crippen LogP contribution in [0.1, 0.15) is 22.3 Å². The van der Waals surface area contributed by atoms with Crippen LogP contribution in [0.4, 0.5) is 0 Å². The third-order valence-corrected chi connectivity index (χ3v) is 5.51. The zero-order valence-electron chi connectivity index (χ0n) is 13.5. The standard InChI is InChI=1S/C18H21N3O2S/c22-18(15-4-9-24-13-15)21-7-8-23-17-3-6-20(12-16(17)21)11-14-2-1-5-19-10-14/h1-2,4-5,9-10,13,16-17H,3,6-8,11-12H2/t16-,17-/m1/s1. The highest BCUT2D eigenvalue weighted by molar-refractivity contribution is 7.08. The van der Waals surface area contributed by atoms with Crippen LogP contribution in [0.3, 0.4) is 0 Å². The Kier molecular flexibility index (Phi) is 4.60. The summed E-state index contributed by atoms with van der Waals surface area (Å²) in [5.74, 6) is 0.137. The summed E-state index contributed by atoms with van der Waals surface area (Å²) in [6, 6.07) is 6.12. The van der Waals surface area contributed by atoms with Gasteiger partial charge in [-0.25, -0.2) is 0 Å². The van der Waals surface area contributed by atoms with Crippen LogP contribution in [0.2, 0.25) is 0 Å². The molecule has 0 saturated carbocycles. The quantitative estimate of drug-likeness (QED) is 0.858. The maximum absolute atomic E-state index is 12.8. The zero-order valence-corrected chi connectivity index (χ0v) is 14.3. The van der Waals surface area contributed by atoms with E-state index in [0.29, 0.717) is 13.2 Å². The van der Waals surface area contributed by atoms with Crippen LogP contribution in [0, 0.1) is 0 Å². The van der Waals surface area contributed by atoms with Crippen molar-refractivity contribution in [2.24, 2.45) is 0 Å². The van der Waals surface area contributed by atoms with Gasteiger partial charge in [0.05, 0.1) is 24.3 Å². The predicted octanol–water partition coefficient (Wildman–Crippen LogP) is 2.26. The highest BCUT2D eigenvalue weighted by Gasteiger charge is 2.39. The summed E-state index contributed by atoms with van der Waals surface area (Å²) in [5.41, 5.74) is 2.01. The van der Waals surface area contributed by atoms with Gasteiger partial charge < -0.3 is 9.64 Å². The minimum atomic E-state index is 0.136. The van der Waals surface area contributed by atoms with Crippen LogP contribution in [0.5, 0.6) is 0 Å². The number of carbonyl (C=O) groups excluding carboxylic acids is 1. The molecule has 0 spiro atoms. The van der Waals surface area contributed by atoms with Gasteiger partial charge in [-0.1, -0.05) is 6.07 Å². The number of piperidine rings is 1. The van der Waals surface area contributed by atoms with E-state index in [-0.39, 0.29) is 18.1 Å². The molecule has 126 valence electrons. The van der Waals surface area contributed by atoms with Crippen molar-refractivity contribution in [3.05, 3.63) is 52.5 Å². The van der Waals surface area contributed by atoms with E-state index < -0.39 is 0 Å². The Morgan fingerprint density at radius 3 is 3.12 bits per heavy atom. The number of morpholine rings is 1. The Balaban J connectivity index is 1.48. The van der Waals surface area contributed by atoms with Gasteiger partial charge in [0.2, 0.25) is 0 Å². The molecule has 1 amide bonds. The Bertz CT molecular complexity index is 677. The lowest BCUT2D eigenvalue weighted by Gasteiger charge is -2.47. The predicted molar refractivity (Wildman–Crippen MR) is 93.0 cm³/mol. The summed E-state index contributed by atoms with van der Waals surface area (Å²) >= 11 is 1.57. The van der Waals surface area contributed by atoms with Gasteiger partial charge in [0.15, 0.2) is 0 Å². The summed E-state index contributed by atoms with van der Waals surface area (Å²) in [7, 11) is 0. The molecule has 2 aromatic heterocycles. The fraction of sp³-hybridized carbons (Fsp3) is 0.444. The number of hydrogen-bond donors (Lipinski definition) is 0. The van der Waals surface area contributed by atoms with Crippen LogP contribution in [-0.4, -0.2) is 59.1 Å². The Morgan fingerprint density at radius 1 is 1.38 bits per heavy atom. The van der Waals surface area contributed by atoms with Crippen LogP contribution in [0.25, 0.3) is 0 Å². The Hall–Kier alpha value is -1.76. The molecule has 2 aliphatic rings. The normalized spacial score (nSPS) is 24.6. The van der Waals surface area contributed by atoms with Crippen molar-refractivity contribution in [2.45, 2.75) is 25.1 Å². The molecule has 6 heteroatoms. The molecule has 0 aromatic carbocycles. The summed E-state index contributed by atoms with van der Waals surface area (Å²) in [6.45, 7) is 4.04. The molecule has 4 heterocycles. The van der Waals surface area contributed by atoms with Gasteiger partial charge >= 0.3 is 0 Å². The van der Waals surface area contributed by atoms with E-state index in [1.807, 2.05) is 34.0 Å². The minimum Gasteiger partial charge on any atom is -0.374 e. The molecule has 2 aromatic rings. The van der Waals surface area contributed by atoms with Crippen LogP contribution in [0.15, 0.2) is 41.4 Å². The number of fused-ring (bicyclic) bond motifs is 1. The van der Waals surface area contributed by atoms with Crippen LogP contribution in [-0.2, 0) is 11.3 Å². The van der Waals surface area contributed by atoms with Crippen molar-refractivity contribution < 1.29 is 9.53 Å². The lowest BCUT2D eigenvalue weighted by atomic mass is 9.97. The zero-order chi connectivity index (χ0) is 16.4. The molecule has 5 nitrogen and oxygen atoms in total. The van der Waals surface area contributed by atoms with E-state index in [2.05, 4.69) is 16.0 Å². The van der Waals surface area contributed by atoms with E-state index in [1.165, 1.54) is 5.56 Å². The van der Waals surface area contributed by atoms with Gasteiger partial charge in [0, 0.05) is 44.0 Å². The first-order chi connectivity index (χ1) is 11.8. The number of aromatic nitrogens is 1. The fourth-order valence-corrected chi connectivity index (χ4v) is 4.26. The highest BCUT2D eigenvalue weighted by atomic mass is 32.1. The van der Waals surface area contributed by atoms with Crippen molar-refractivity contribution in [1.29, 1.82) is 0 Å². The number of rotatable bonds is 3. The molecular formula is C18H21N3O2S. The monoisotopic (exact) mass is 343 g/mol. The maximum atomic E-state index is 12.8. The first kappa shape index (κ1) is 15.7.